The molecule has 0 unspecified atom stereocenters. The molecule has 7 heteroatoms. The van der Waals surface area contributed by atoms with E-state index in [0.717, 1.165) is 11.0 Å². The lowest BCUT2D eigenvalue weighted by Crippen LogP contribution is -2.41. The summed E-state index contributed by atoms with van der Waals surface area (Å²) in [5.74, 6) is 1.61. The van der Waals surface area contributed by atoms with Gasteiger partial charge < -0.3 is 28.3 Å². The van der Waals surface area contributed by atoms with Gasteiger partial charge in [-0.3, -0.25) is 0 Å². The van der Waals surface area contributed by atoms with Gasteiger partial charge in [-0.15, -0.1) is 0 Å². The van der Waals surface area contributed by atoms with Gasteiger partial charge in [0.2, 0.25) is 5.75 Å². The zero-order valence-corrected chi connectivity index (χ0v) is 15.8. The molecule has 0 N–H and O–H groups in total. The number of rotatable bonds is 6. The minimum absolute atomic E-state index is 0.371. The average molecular weight is 338 g/mol. The third kappa shape index (κ3) is 3.08. The zero-order valence-electron chi connectivity index (χ0n) is 15.8. The molecule has 0 atom stereocenters. The van der Waals surface area contributed by atoms with Crippen LogP contribution in [0.1, 0.15) is 33.3 Å². The van der Waals surface area contributed by atoms with Crippen LogP contribution in [-0.2, 0) is 20.7 Å². The Morgan fingerprint density at radius 2 is 1.42 bits per heavy atom. The van der Waals surface area contributed by atoms with Gasteiger partial charge >= 0.3 is 7.12 Å². The number of methoxy groups -OCH3 is 4. The average Bonchev–Trinajstić information content (AvgIpc) is 2.73. The molecule has 0 aromatic heterocycles. The molecule has 1 aromatic rings. The first-order chi connectivity index (χ1) is 11.2. The molecule has 1 fully saturated rings. The van der Waals surface area contributed by atoms with Crippen molar-refractivity contribution in [2.75, 3.05) is 28.4 Å². The van der Waals surface area contributed by atoms with Gasteiger partial charge in [-0.2, -0.15) is 0 Å². The van der Waals surface area contributed by atoms with Crippen molar-refractivity contribution in [1.82, 2.24) is 0 Å². The van der Waals surface area contributed by atoms with Gasteiger partial charge in [0.1, 0.15) is 0 Å². The van der Waals surface area contributed by atoms with Crippen molar-refractivity contribution in [2.45, 2.75) is 45.5 Å². The van der Waals surface area contributed by atoms with E-state index in [-0.39, 0.29) is 0 Å². The van der Waals surface area contributed by atoms with Crippen molar-refractivity contribution in [3.63, 3.8) is 0 Å². The number of hydrogen-bond donors (Lipinski definition) is 0. The molecular formula is C17H27BO6. The van der Waals surface area contributed by atoms with Crippen LogP contribution in [0.15, 0.2) is 6.07 Å². The van der Waals surface area contributed by atoms with Crippen LogP contribution >= 0.6 is 0 Å². The highest BCUT2D eigenvalue weighted by Crippen LogP contribution is 2.42. The molecule has 0 spiro atoms. The van der Waals surface area contributed by atoms with Crippen molar-refractivity contribution in [1.29, 1.82) is 0 Å². The summed E-state index contributed by atoms with van der Waals surface area (Å²) in [5, 5.41) is 0. The lowest BCUT2D eigenvalue weighted by atomic mass is 9.74. The molecule has 24 heavy (non-hydrogen) atoms. The second kappa shape index (κ2) is 6.82. The van der Waals surface area contributed by atoms with Crippen molar-refractivity contribution in [3.05, 3.63) is 11.6 Å². The van der Waals surface area contributed by atoms with Crippen LogP contribution < -0.4 is 19.7 Å². The molecule has 0 bridgehead atoms. The summed E-state index contributed by atoms with van der Waals surface area (Å²) in [6.45, 7) is 8.41. The Bertz CT molecular complexity index is 583. The molecule has 2 rings (SSSR count). The van der Waals surface area contributed by atoms with Crippen molar-refractivity contribution in [3.8, 4) is 17.2 Å². The van der Waals surface area contributed by atoms with E-state index >= 15 is 0 Å². The van der Waals surface area contributed by atoms with E-state index in [4.69, 9.17) is 28.3 Å². The van der Waals surface area contributed by atoms with Gasteiger partial charge in [-0.05, 0) is 39.3 Å². The fraction of sp³-hybridized carbons (Fsp3) is 0.647. The molecule has 0 saturated carbocycles. The van der Waals surface area contributed by atoms with Crippen LogP contribution in [0.4, 0.5) is 0 Å². The smallest absolute Gasteiger partial charge is 0.493 e. The summed E-state index contributed by atoms with van der Waals surface area (Å²) >= 11 is 0. The second-order valence-corrected chi connectivity index (χ2v) is 6.74. The van der Waals surface area contributed by atoms with E-state index in [1.165, 1.54) is 0 Å². The zero-order chi connectivity index (χ0) is 18.1. The summed E-state index contributed by atoms with van der Waals surface area (Å²) in [6, 6.07) is 1.87. The molecule has 0 aliphatic carbocycles. The Balaban J connectivity index is 2.63. The fourth-order valence-corrected chi connectivity index (χ4v) is 2.72. The van der Waals surface area contributed by atoms with Gasteiger partial charge in [0.25, 0.3) is 0 Å². The highest BCUT2D eigenvalue weighted by Gasteiger charge is 2.53. The minimum Gasteiger partial charge on any atom is -0.493 e. The minimum atomic E-state index is -0.588. The molecule has 1 aliphatic rings. The maximum Gasteiger partial charge on any atom is 0.499 e. The van der Waals surface area contributed by atoms with Gasteiger partial charge in [0.15, 0.2) is 11.5 Å². The summed E-state index contributed by atoms with van der Waals surface area (Å²) in [7, 11) is 5.79. The van der Waals surface area contributed by atoms with E-state index in [1.54, 1.807) is 28.4 Å². The topological polar surface area (TPSA) is 55.4 Å². The standard InChI is InChI=1S/C17H27BO6/c1-16(2)17(3,4)24-18(23-16)13-11(10-19-5)9-12(20-6)14(21-7)15(13)22-8/h9H,10H2,1-8H3. The van der Waals surface area contributed by atoms with Crippen molar-refractivity contribution < 1.29 is 28.3 Å². The first kappa shape index (κ1) is 18.9. The van der Waals surface area contributed by atoms with Crippen LogP contribution in [0.2, 0.25) is 0 Å². The van der Waals surface area contributed by atoms with Crippen molar-refractivity contribution >= 4 is 12.6 Å². The third-order valence-electron chi connectivity index (χ3n) is 4.74. The number of hydrogen-bond acceptors (Lipinski definition) is 6. The summed E-state index contributed by atoms with van der Waals surface area (Å²) in [4.78, 5) is 0. The van der Waals surface area contributed by atoms with E-state index in [1.807, 2.05) is 33.8 Å². The third-order valence-corrected chi connectivity index (χ3v) is 4.74. The predicted molar refractivity (Wildman–Crippen MR) is 92.5 cm³/mol. The lowest BCUT2D eigenvalue weighted by molar-refractivity contribution is 0.00578. The highest BCUT2D eigenvalue weighted by atomic mass is 16.7. The van der Waals surface area contributed by atoms with Crippen LogP contribution in [-0.4, -0.2) is 46.8 Å². The van der Waals surface area contributed by atoms with Crippen molar-refractivity contribution in [2.24, 2.45) is 0 Å². The van der Waals surface area contributed by atoms with Crippen LogP contribution in [0.5, 0.6) is 17.2 Å². The fourth-order valence-electron chi connectivity index (χ4n) is 2.72. The Hall–Kier alpha value is -1.44. The first-order valence-electron chi connectivity index (χ1n) is 7.88. The van der Waals surface area contributed by atoms with Gasteiger partial charge in [0, 0.05) is 12.6 Å². The second-order valence-electron chi connectivity index (χ2n) is 6.74. The molecular weight excluding hydrogens is 311 g/mol. The first-order valence-corrected chi connectivity index (χ1v) is 7.88. The van der Waals surface area contributed by atoms with Gasteiger partial charge in [-0.1, -0.05) is 0 Å². The van der Waals surface area contributed by atoms with Gasteiger partial charge in [0.05, 0.1) is 39.1 Å². The SMILES string of the molecule is COCc1cc(OC)c(OC)c(OC)c1B1OC(C)(C)C(C)(C)O1. The summed E-state index contributed by atoms with van der Waals surface area (Å²) in [5.41, 5.74) is 0.710. The predicted octanol–water partition coefficient (Wildman–Crippen LogP) is 2.16. The molecule has 1 heterocycles. The molecule has 0 amide bonds. The summed E-state index contributed by atoms with van der Waals surface area (Å²) < 4.78 is 34.3. The van der Waals surface area contributed by atoms with Gasteiger partial charge in [-0.25, -0.2) is 0 Å². The maximum absolute atomic E-state index is 6.20. The molecule has 134 valence electrons. The maximum atomic E-state index is 6.20. The van der Waals surface area contributed by atoms with E-state index in [9.17, 15) is 0 Å². The number of benzene rings is 1. The normalized spacial score (nSPS) is 18.6. The lowest BCUT2D eigenvalue weighted by Gasteiger charge is -2.32. The van der Waals surface area contributed by atoms with E-state index in [0.29, 0.717) is 23.9 Å². The van der Waals surface area contributed by atoms with E-state index in [2.05, 4.69) is 0 Å². The summed E-state index contributed by atoms with van der Waals surface area (Å²) in [6.07, 6.45) is 0. The Labute approximate surface area is 144 Å². The van der Waals surface area contributed by atoms with Crippen LogP contribution in [0.3, 0.4) is 0 Å². The highest BCUT2D eigenvalue weighted by molar-refractivity contribution is 6.64. The molecule has 1 aromatic carbocycles. The quantitative estimate of drug-likeness (QED) is 0.741. The monoisotopic (exact) mass is 338 g/mol. The Morgan fingerprint density at radius 3 is 1.83 bits per heavy atom. The molecule has 0 radical (unpaired) electrons. The van der Waals surface area contributed by atoms with Crippen LogP contribution in [0, 0.1) is 0 Å². The van der Waals surface area contributed by atoms with E-state index < -0.39 is 18.3 Å². The molecule has 6 nitrogen and oxygen atoms in total. The van der Waals surface area contributed by atoms with Crippen LogP contribution in [0.25, 0.3) is 0 Å². The number of ether oxygens (including phenoxy) is 4. The Morgan fingerprint density at radius 1 is 0.875 bits per heavy atom. The molecule has 1 aliphatic heterocycles. The Kier molecular flexibility index (Phi) is 5.37. The molecule has 1 saturated heterocycles. The largest absolute Gasteiger partial charge is 0.499 e.